The molecule has 0 N–H and O–H groups in total. The minimum absolute atomic E-state index is 0.434. The van der Waals surface area contributed by atoms with Crippen LogP contribution in [0.15, 0.2) is 53.7 Å². The van der Waals surface area contributed by atoms with E-state index in [0.717, 1.165) is 16.9 Å². The van der Waals surface area contributed by atoms with Gasteiger partial charge in [0.25, 0.3) is 0 Å². The van der Waals surface area contributed by atoms with E-state index in [2.05, 4.69) is 17.4 Å². The van der Waals surface area contributed by atoms with E-state index in [1.807, 2.05) is 49.4 Å². The molecule has 2 aromatic carbocycles. The number of benzene rings is 2. The van der Waals surface area contributed by atoms with Crippen LogP contribution in [0.1, 0.15) is 16.7 Å². The Morgan fingerprint density at radius 3 is 2.74 bits per heavy atom. The Morgan fingerprint density at radius 1 is 1.11 bits per heavy atom. The number of nitrogens with zero attached hydrogens (tertiary/aromatic N) is 1. The average molecular weight is 254 g/mol. The predicted molar refractivity (Wildman–Crippen MR) is 75.5 cm³/mol. The lowest BCUT2D eigenvalue weighted by Gasteiger charge is -2.03. The summed E-state index contributed by atoms with van der Waals surface area (Å²) < 4.78 is 5.20. The largest absolute Gasteiger partial charge is 0.496 e. The maximum Gasteiger partial charge on any atom is 0.143 e. The quantitative estimate of drug-likeness (QED) is 0.604. The maximum absolute atomic E-state index is 5.24. The first-order valence-electron chi connectivity index (χ1n) is 6.06. The second-order valence-corrected chi connectivity index (χ2v) is 4.17. The molecule has 0 fully saturated rings. The molecule has 0 aliphatic carbocycles. The first kappa shape index (κ1) is 13.1. The summed E-state index contributed by atoms with van der Waals surface area (Å²) in [4.78, 5) is 5.24. The van der Waals surface area contributed by atoms with Crippen LogP contribution in [0.2, 0.25) is 0 Å². The number of para-hydroxylation sites is 1. The third kappa shape index (κ3) is 3.85. The average Bonchev–Trinajstić information content (AvgIpc) is 2.44. The molecule has 0 saturated heterocycles. The lowest BCUT2D eigenvalue weighted by molar-refractivity contribution is 0.132. The lowest BCUT2D eigenvalue weighted by Crippen LogP contribution is -1.92. The van der Waals surface area contributed by atoms with Crippen molar-refractivity contribution >= 4 is 6.21 Å². The molecule has 3 nitrogen and oxygen atoms in total. The van der Waals surface area contributed by atoms with E-state index in [1.54, 1.807) is 7.11 Å². The van der Waals surface area contributed by atoms with Crippen molar-refractivity contribution in [2.24, 2.45) is 5.16 Å². The van der Waals surface area contributed by atoms with Gasteiger partial charge in [0.15, 0.2) is 0 Å². The Kier molecular flexibility index (Phi) is 4.56. The summed E-state index contributed by atoms with van der Waals surface area (Å²) in [6.45, 7) is 2.48. The second-order valence-electron chi connectivity index (χ2n) is 4.17. The van der Waals surface area contributed by atoms with Crippen LogP contribution in [-0.2, 0) is 11.4 Å². The smallest absolute Gasteiger partial charge is 0.143 e. The summed E-state index contributed by atoms with van der Waals surface area (Å²) in [7, 11) is 1.62. The van der Waals surface area contributed by atoms with Crippen LogP contribution in [0.5, 0.6) is 5.75 Å². The van der Waals surface area contributed by atoms with Crippen molar-refractivity contribution in [3.8, 4) is 5.75 Å². The van der Waals surface area contributed by atoms with Crippen molar-refractivity contribution in [2.45, 2.75) is 13.5 Å². The van der Waals surface area contributed by atoms with Gasteiger partial charge in [-0.2, -0.15) is 0 Å². The van der Waals surface area contributed by atoms with Gasteiger partial charge in [0.05, 0.1) is 7.11 Å². The Hall–Kier alpha value is -2.29. The minimum atomic E-state index is 0.434. The molecular formula is C16H16NO2. The van der Waals surface area contributed by atoms with Gasteiger partial charge < -0.3 is 9.57 Å². The van der Waals surface area contributed by atoms with Gasteiger partial charge in [-0.05, 0) is 24.6 Å². The molecule has 3 heteroatoms. The zero-order chi connectivity index (χ0) is 13.5. The monoisotopic (exact) mass is 254 g/mol. The highest BCUT2D eigenvalue weighted by molar-refractivity contribution is 5.82. The van der Waals surface area contributed by atoms with Gasteiger partial charge >= 0.3 is 0 Å². The molecule has 2 rings (SSSR count). The molecule has 0 aliphatic heterocycles. The minimum Gasteiger partial charge on any atom is -0.496 e. The van der Waals surface area contributed by atoms with E-state index in [9.17, 15) is 0 Å². The van der Waals surface area contributed by atoms with Gasteiger partial charge in [-0.25, -0.2) is 0 Å². The van der Waals surface area contributed by atoms with Crippen LogP contribution < -0.4 is 4.74 Å². The highest BCUT2D eigenvalue weighted by Crippen LogP contribution is 2.14. The molecule has 19 heavy (non-hydrogen) atoms. The summed E-state index contributed by atoms with van der Waals surface area (Å²) >= 11 is 0. The molecular weight excluding hydrogens is 238 g/mol. The van der Waals surface area contributed by atoms with Crippen molar-refractivity contribution in [1.82, 2.24) is 0 Å². The van der Waals surface area contributed by atoms with E-state index in [0.29, 0.717) is 6.61 Å². The summed E-state index contributed by atoms with van der Waals surface area (Å²) in [5.74, 6) is 0.727. The van der Waals surface area contributed by atoms with E-state index < -0.39 is 0 Å². The van der Waals surface area contributed by atoms with Crippen molar-refractivity contribution in [3.63, 3.8) is 0 Å². The van der Waals surface area contributed by atoms with Gasteiger partial charge in [-0.3, -0.25) is 0 Å². The van der Waals surface area contributed by atoms with E-state index >= 15 is 0 Å². The lowest BCUT2D eigenvalue weighted by atomic mass is 10.1. The molecule has 0 aliphatic rings. The fraction of sp³-hybridized carbons (Fsp3) is 0.188. The molecule has 97 valence electrons. The van der Waals surface area contributed by atoms with E-state index in [-0.39, 0.29) is 0 Å². The molecule has 2 aromatic rings. The van der Waals surface area contributed by atoms with Crippen molar-refractivity contribution in [1.29, 1.82) is 0 Å². The Bertz CT molecular complexity index is 564. The topological polar surface area (TPSA) is 30.8 Å². The van der Waals surface area contributed by atoms with E-state index in [4.69, 9.17) is 9.57 Å². The predicted octanol–water partition coefficient (Wildman–Crippen LogP) is 3.43. The number of methoxy groups -OCH3 is 1. The number of hydrogen-bond donors (Lipinski definition) is 0. The summed E-state index contributed by atoms with van der Waals surface area (Å²) in [5.41, 5.74) is 3.07. The molecule has 0 bridgehead atoms. The highest BCUT2D eigenvalue weighted by atomic mass is 16.6. The Labute approximate surface area is 113 Å². The Balaban J connectivity index is 1.93. The van der Waals surface area contributed by atoms with Crippen molar-refractivity contribution < 1.29 is 9.57 Å². The number of hydrogen-bond acceptors (Lipinski definition) is 3. The van der Waals surface area contributed by atoms with Gasteiger partial charge in [0.2, 0.25) is 0 Å². The number of ether oxygens (including phenoxy) is 1. The molecule has 1 radical (unpaired) electrons. The van der Waals surface area contributed by atoms with Gasteiger partial charge in [-0.1, -0.05) is 47.1 Å². The highest BCUT2D eigenvalue weighted by Gasteiger charge is 1.98. The summed E-state index contributed by atoms with van der Waals surface area (Å²) in [6.07, 6.45) is 2.83. The van der Waals surface area contributed by atoms with Gasteiger partial charge in [-0.15, -0.1) is 0 Å². The van der Waals surface area contributed by atoms with Crippen LogP contribution in [0.25, 0.3) is 0 Å². The molecule has 0 saturated carbocycles. The zero-order valence-electron chi connectivity index (χ0n) is 11.1. The molecule has 0 amide bonds. The van der Waals surface area contributed by atoms with Gasteiger partial charge in [0.1, 0.15) is 18.6 Å². The molecule has 0 heterocycles. The third-order valence-electron chi connectivity index (χ3n) is 2.65. The van der Waals surface area contributed by atoms with Crippen LogP contribution >= 0.6 is 0 Å². The fourth-order valence-electron chi connectivity index (χ4n) is 1.73. The number of rotatable bonds is 5. The van der Waals surface area contributed by atoms with Crippen LogP contribution in [0.4, 0.5) is 0 Å². The van der Waals surface area contributed by atoms with Gasteiger partial charge in [0, 0.05) is 5.56 Å². The number of aryl methyl sites for hydroxylation is 1. The zero-order valence-corrected chi connectivity index (χ0v) is 11.1. The summed E-state index contributed by atoms with van der Waals surface area (Å²) in [5, 5.41) is 3.85. The standard InChI is InChI=1S/C16H16NO2/c1-13-6-5-7-14(10-13)12-19-17-11-15-8-3-4-9-16(15)18-2/h3-10H,12H2,1-2H3. The van der Waals surface area contributed by atoms with Crippen LogP contribution in [0.3, 0.4) is 0 Å². The molecule has 0 spiro atoms. The Morgan fingerprint density at radius 2 is 1.95 bits per heavy atom. The molecule has 0 atom stereocenters. The second kappa shape index (κ2) is 6.59. The first-order chi connectivity index (χ1) is 9.29. The SMILES string of the molecule is COc1ccccc1/[C]=N\OCc1cccc(C)c1. The van der Waals surface area contributed by atoms with Crippen molar-refractivity contribution in [2.75, 3.05) is 7.11 Å². The maximum atomic E-state index is 5.24. The van der Waals surface area contributed by atoms with Crippen molar-refractivity contribution in [3.05, 3.63) is 65.2 Å². The van der Waals surface area contributed by atoms with Crippen LogP contribution in [0, 0.1) is 6.92 Å². The van der Waals surface area contributed by atoms with Crippen LogP contribution in [-0.4, -0.2) is 13.3 Å². The normalized spacial score (nSPS) is 10.6. The molecule has 0 aromatic heterocycles. The molecule has 0 unspecified atom stereocenters. The summed E-state index contributed by atoms with van der Waals surface area (Å²) in [6, 6.07) is 15.7. The van der Waals surface area contributed by atoms with E-state index in [1.165, 1.54) is 5.56 Å². The first-order valence-corrected chi connectivity index (χ1v) is 6.06. The third-order valence-corrected chi connectivity index (χ3v) is 2.65. The fourth-order valence-corrected chi connectivity index (χ4v) is 1.73.